The first kappa shape index (κ1) is 20.1. The van der Waals surface area contributed by atoms with Crippen LogP contribution in [0.4, 0.5) is 0 Å². The summed E-state index contributed by atoms with van der Waals surface area (Å²) in [5.41, 5.74) is 3.22. The van der Waals surface area contributed by atoms with Gasteiger partial charge in [0.05, 0.1) is 26.0 Å². The predicted molar refractivity (Wildman–Crippen MR) is 118 cm³/mol. The smallest absolute Gasteiger partial charge is 0.202 e. The molecule has 1 N–H and O–H groups in total. The summed E-state index contributed by atoms with van der Waals surface area (Å²) in [6.45, 7) is 1.49. The van der Waals surface area contributed by atoms with Crippen molar-refractivity contribution < 1.29 is 9.64 Å². The Bertz CT molecular complexity index is 1180. The highest BCUT2D eigenvalue weighted by atomic mass is 32.1. The van der Waals surface area contributed by atoms with Gasteiger partial charge in [-0.1, -0.05) is 18.2 Å². The van der Waals surface area contributed by atoms with Crippen molar-refractivity contribution in [2.75, 3.05) is 14.2 Å². The van der Waals surface area contributed by atoms with Crippen LogP contribution < -0.4 is 9.64 Å². The quantitative estimate of drug-likeness (QED) is 0.466. The van der Waals surface area contributed by atoms with Crippen molar-refractivity contribution in [3.05, 3.63) is 77.3 Å². The summed E-state index contributed by atoms with van der Waals surface area (Å²) in [5, 5.41) is 9.24. The molecule has 1 atom stereocenters. The summed E-state index contributed by atoms with van der Waals surface area (Å²) >= 11 is 5.62. The number of aromatic nitrogens is 5. The molecule has 0 aliphatic rings. The summed E-state index contributed by atoms with van der Waals surface area (Å²) in [6, 6.07) is 18.0. The lowest BCUT2D eigenvalue weighted by molar-refractivity contribution is -0.917. The van der Waals surface area contributed by atoms with Crippen LogP contribution in [0.25, 0.3) is 17.1 Å². The van der Waals surface area contributed by atoms with Crippen molar-refractivity contribution in [1.29, 1.82) is 0 Å². The van der Waals surface area contributed by atoms with Gasteiger partial charge in [-0.25, -0.2) is 4.68 Å². The molecule has 0 radical (unpaired) electrons. The fourth-order valence-electron chi connectivity index (χ4n) is 3.42. The van der Waals surface area contributed by atoms with Gasteiger partial charge in [0.25, 0.3) is 0 Å². The topological polar surface area (TPSA) is 54.2 Å². The molecule has 2 aromatic carbocycles. The third-order valence-corrected chi connectivity index (χ3v) is 5.46. The molecule has 7 nitrogen and oxygen atoms in total. The Morgan fingerprint density at radius 3 is 2.50 bits per heavy atom. The molecule has 0 saturated heterocycles. The lowest BCUT2D eigenvalue weighted by Crippen LogP contribution is -3.07. The molecule has 8 heteroatoms. The number of hydrogen-bond donors (Lipinski definition) is 1. The van der Waals surface area contributed by atoms with Gasteiger partial charge < -0.3 is 14.2 Å². The van der Waals surface area contributed by atoms with Crippen molar-refractivity contribution in [1.82, 2.24) is 24.1 Å². The molecule has 4 rings (SSSR count). The molecule has 0 spiro atoms. The van der Waals surface area contributed by atoms with Gasteiger partial charge in [0.1, 0.15) is 12.3 Å². The van der Waals surface area contributed by atoms with Crippen LogP contribution in [0.3, 0.4) is 0 Å². The fraction of sp³-hybridized carbons (Fsp3) is 0.227. The molecule has 0 saturated carbocycles. The molecule has 4 aromatic rings. The molecule has 2 heterocycles. The summed E-state index contributed by atoms with van der Waals surface area (Å²) in [4.78, 5) is 1.26. The van der Waals surface area contributed by atoms with Crippen LogP contribution >= 0.6 is 12.2 Å². The molecule has 0 aliphatic carbocycles. The van der Waals surface area contributed by atoms with Crippen LogP contribution in [0.15, 0.2) is 67.0 Å². The Hall–Kier alpha value is -3.23. The van der Waals surface area contributed by atoms with Crippen molar-refractivity contribution in [2.24, 2.45) is 7.05 Å². The predicted octanol–water partition coefficient (Wildman–Crippen LogP) is 2.48. The van der Waals surface area contributed by atoms with Crippen LogP contribution in [0.2, 0.25) is 0 Å². The highest BCUT2D eigenvalue weighted by Crippen LogP contribution is 2.20. The van der Waals surface area contributed by atoms with E-state index in [1.54, 1.807) is 7.11 Å². The van der Waals surface area contributed by atoms with Crippen LogP contribution in [-0.4, -0.2) is 38.3 Å². The van der Waals surface area contributed by atoms with Crippen molar-refractivity contribution in [3.8, 4) is 22.8 Å². The second-order valence-corrected chi connectivity index (χ2v) is 7.68. The van der Waals surface area contributed by atoms with Crippen LogP contribution in [-0.2, 0) is 20.3 Å². The number of methoxy groups -OCH3 is 1. The van der Waals surface area contributed by atoms with E-state index in [0.717, 1.165) is 34.9 Å². The van der Waals surface area contributed by atoms with E-state index in [-0.39, 0.29) is 0 Å². The maximum absolute atomic E-state index is 5.62. The molecule has 30 heavy (non-hydrogen) atoms. The molecule has 0 amide bonds. The zero-order chi connectivity index (χ0) is 21.1. The minimum atomic E-state index is 0.666. The van der Waals surface area contributed by atoms with Gasteiger partial charge >= 0.3 is 0 Å². The van der Waals surface area contributed by atoms with E-state index in [0.29, 0.717) is 11.4 Å². The van der Waals surface area contributed by atoms with Crippen LogP contribution in [0.5, 0.6) is 5.75 Å². The Kier molecular flexibility index (Phi) is 5.78. The Labute approximate surface area is 180 Å². The normalized spacial score (nSPS) is 12.1. The number of nitrogens with one attached hydrogen (secondary N) is 1. The van der Waals surface area contributed by atoms with Crippen LogP contribution in [0, 0.1) is 4.77 Å². The van der Waals surface area contributed by atoms with Gasteiger partial charge in [0, 0.05) is 24.4 Å². The molecular weight excluding hydrogens is 396 g/mol. The zero-order valence-corrected chi connectivity index (χ0v) is 18.1. The second-order valence-electron chi connectivity index (χ2n) is 7.31. The number of quaternary nitrogens is 1. The number of para-hydroxylation sites is 1. The van der Waals surface area contributed by atoms with Gasteiger partial charge in [-0.15, -0.1) is 5.10 Å². The molecule has 2 aromatic heterocycles. The van der Waals surface area contributed by atoms with E-state index in [1.807, 2.05) is 81.8 Å². The molecular formula is C22H25N6OS+. The van der Waals surface area contributed by atoms with Gasteiger partial charge in [0.2, 0.25) is 4.77 Å². The Morgan fingerprint density at radius 2 is 1.80 bits per heavy atom. The van der Waals surface area contributed by atoms with Crippen molar-refractivity contribution in [3.63, 3.8) is 0 Å². The van der Waals surface area contributed by atoms with E-state index < -0.39 is 0 Å². The van der Waals surface area contributed by atoms with Gasteiger partial charge in [-0.05, 0) is 48.6 Å². The third kappa shape index (κ3) is 4.19. The Morgan fingerprint density at radius 1 is 1.07 bits per heavy atom. The van der Waals surface area contributed by atoms with E-state index >= 15 is 0 Å². The fourth-order valence-corrected chi connectivity index (χ4v) is 3.61. The number of benzene rings is 2. The van der Waals surface area contributed by atoms with Crippen LogP contribution in [0.1, 0.15) is 5.56 Å². The van der Waals surface area contributed by atoms with E-state index in [2.05, 4.69) is 18.3 Å². The number of rotatable bonds is 7. The summed E-state index contributed by atoms with van der Waals surface area (Å²) in [5.74, 6) is 1.66. The first-order valence-corrected chi connectivity index (χ1v) is 10.1. The summed E-state index contributed by atoms with van der Waals surface area (Å²) in [7, 11) is 5.74. The highest BCUT2D eigenvalue weighted by molar-refractivity contribution is 7.71. The second kappa shape index (κ2) is 8.64. The zero-order valence-electron chi connectivity index (χ0n) is 17.3. The minimum absolute atomic E-state index is 0.666. The molecule has 1 unspecified atom stereocenters. The lowest BCUT2D eigenvalue weighted by atomic mass is 10.2. The maximum Gasteiger partial charge on any atom is 0.202 e. The molecule has 154 valence electrons. The average Bonchev–Trinajstić information content (AvgIpc) is 3.34. The monoisotopic (exact) mass is 421 g/mol. The first-order chi connectivity index (χ1) is 14.5. The first-order valence-electron chi connectivity index (χ1n) is 9.73. The lowest BCUT2D eigenvalue weighted by Gasteiger charge is -2.12. The molecule has 0 bridgehead atoms. The Balaban J connectivity index is 1.48. The largest absolute Gasteiger partial charge is 0.497 e. The summed E-state index contributed by atoms with van der Waals surface area (Å²) in [6.07, 6.45) is 3.98. The SMILES string of the molecule is COc1ccc(-c2nn(C[NH+](C)Cc3cnn(-c4ccccc4)c3)c(=S)n2C)cc1. The van der Waals surface area contributed by atoms with E-state index in [4.69, 9.17) is 22.1 Å². The number of nitrogens with zero attached hydrogens (tertiary/aromatic N) is 5. The van der Waals surface area contributed by atoms with Gasteiger partial charge in [-0.3, -0.25) is 0 Å². The van der Waals surface area contributed by atoms with Gasteiger partial charge in [0.15, 0.2) is 12.5 Å². The minimum Gasteiger partial charge on any atom is -0.497 e. The number of hydrogen-bond acceptors (Lipinski definition) is 4. The number of ether oxygens (including phenoxy) is 1. The van der Waals surface area contributed by atoms with Crippen molar-refractivity contribution >= 4 is 12.2 Å². The molecule has 0 aliphatic heterocycles. The average molecular weight is 422 g/mol. The van der Waals surface area contributed by atoms with Gasteiger partial charge in [-0.2, -0.15) is 9.78 Å². The van der Waals surface area contributed by atoms with E-state index in [9.17, 15) is 0 Å². The standard InChI is InChI=1S/C22H24N6OS/c1-25(14-17-13-23-27(15-17)19-7-5-4-6-8-19)16-28-22(30)26(2)21(24-28)18-9-11-20(29-3)12-10-18/h4-13,15H,14,16H2,1-3H3/p+1. The molecule has 0 fully saturated rings. The third-order valence-electron chi connectivity index (χ3n) is 4.97. The maximum atomic E-state index is 5.62. The summed E-state index contributed by atoms with van der Waals surface area (Å²) < 4.78 is 11.7. The van der Waals surface area contributed by atoms with E-state index in [1.165, 1.54) is 4.90 Å². The highest BCUT2D eigenvalue weighted by Gasteiger charge is 2.14. The van der Waals surface area contributed by atoms with Crippen molar-refractivity contribution in [2.45, 2.75) is 13.2 Å².